The van der Waals surface area contributed by atoms with Crippen LogP contribution >= 0.6 is 23.2 Å². The van der Waals surface area contributed by atoms with Crippen molar-refractivity contribution in [2.45, 2.75) is 39.5 Å². The van der Waals surface area contributed by atoms with Crippen LogP contribution < -0.4 is 5.32 Å². The number of amides is 1. The highest BCUT2D eigenvalue weighted by Gasteiger charge is 2.28. The fraction of sp³-hybridized carbons (Fsp3) is 0.381. The average molecular weight is 439 g/mol. The molecule has 0 spiro atoms. The SMILES string of the molecule is COC(=O)c1c(CC(=O)NCC(C)(C)c2c(Cl)cccc2Cl)[nH]c(C(C)=O)c1C. The molecule has 0 saturated carbocycles. The van der Waals surface area contributed by atoms with Gasteiger partial charge in [-0.25, -0.2) is 4.79 Å². The van der Waals surface area contributed by atoms with Crippen molar-refractivity contribution in [1.29, 1.82) is 0 Å². The number of ketones is 1. The summed E-state index contributed by atoms with van der Waals surface area (Å²) in [6.07, 6.45) is -0.106. The number of hydrogen-bond acceptors (Lipinski definition) is 4. The second kappa shape index (κ2) is 9.01. The van der Waals surface area contributed by atoms with Crippen LogP contribution in [0.4, 0.5) is 0 Å². The van der Waals surface area contributed by atoms with E-state index in [0.29, 0.717) is 21.3 Å². The average Bonchev–Trinajstić information content (AvgIpc) is 2.95. The fourth-order valence-corrected chi connectivity index (χ4v) is 4.21. The summed E-state index contributed by atoms with van der Waals surface area (Å²) >= 11 is 12.6. The zero-order valence-electron chi connectivity index (χ0n) is 17.0. The van der Waals surface area contributed by atoms with Gasteiger partial charge in [-0.2, -0.15) is 0 Å². The molecule has 2 N–H and O–H groups in total. The normalized spacial score (nSPS) is 11.3. The maximum absolute atomic E-state index is 12.6. The first-order chi connectivity index (χ1) is 13.5. The lowest BCUT2D eigenvalue weighted by molar-refractivity contribution is -0.120. The van der Waals surface area contributed by atoms with Crippen LogP contribution in [0.3, 0.4) is 0 Å². The Hall–Kier alpha value is -2.31. The molecule has 0 fully saturated rings. The highest BCUT2D eigenvalue weighted by Crippen LogP contribution is 2.35. The predicted octanol–water partition coefficient (Wildman–Crippen LogP) is 4.26. The van der Waals surface area contributed by atoms with Crippen LogP contribution in [-0.2, 0) is 21.4 Å². The molecule has 2 rings (SSSR count). The highest BCUT2D eigenvalue weighted by molar-refractivity contribution is 6.36. The van der Waals surface area contributed by atoms with Crippen LogP contribution in [0.5, 0.6) is 0 Å². The van der Waals surface area contributed by atoms with Gasteiger partial charge in [0.1, 0.15) is 0 Å². The van der Waals surface area contributed by atoms with Gasteiger partial charge in [0.25, 0.3) is 0 Å². The number of nitrogens with one attached hydrogen (secondary N) is 2. The number of halogens is 2. The molecule has 2 aromatic rings. The molecular weight excluding hydrogens is 415 g/mol. The number of aromatic amines is 1. The minimum absolute atomic E-state index is 0.106. The molecule has 8 heteroatoms. The molecule has 0 radical (unpaired) electrons. The quantitative estimate of drug-likeness (QED) is 0.499. The molecule has 1 amide bonds. The largest absolute Gasteiger partial charge is 0.465 e. The van der Waals surface area contributed by atoms with Crippen LogP contribution in [0.1, 0.15) is 58.4 Å². The van der Waals surface area contributed by atoms with Gasteiger partial charge in [-0.3, -0.25) is 9.59 Å². The van der Waals surface area contributed by atoms with Gasteiger partial charge in [-0.1, -0.05) is 43.1 Å². The van der Waals surface area contributed by atoms with Crippen molar-refractivity contribution in [3.05, 3.63) is 56.3 Å². The Bertz CT molecular complexity index is 944. The van der Waals surface area contributed by atoms with Gasteiger partial charge in [-0.15, -0.1) is 0 Å². The lowest BCUT2D eigenvalue weighted by Crippen LogP contribution is -2.38. The zero-order chi connectivity index (χ0) is 21.9. The van der Waals surface area contributed by atoms with Crippen LogP contribution in [0.2, 0.25) is 10.0 Å². The van der Waals surface area contributed by atoms with Crippen LogP contribution in [-0.4, -0.2) is 36.3 Å². The number of carbonyl (C=O) groups excluding carboxylic acids is 3. The van der Waals surface area contributed by atoms with Crippen LogP contribution in [0.25, 0.3) is 0 Å². The van der Waals surface area contributed by atoms with Gasteiger partial charge in [0.2, 0.25) is 5.91 Å². The molecule has 1 heterocycles. The Morgan fingerprint density at radius 2 is 1.76 bits per heavy atom. The van der Waals surface area contributed by atoms with Crippen molar-refractivity contribution in [2.75, 3.05) is 13.7 Å². The summed E-state index contributed by atoms with van der Waals surface area (Å²) in [6.45, 7) is 7.16. The lowest BCUT2D eigenvalue weighted by atomic mass is 9.84. The Kier molecular flexibility index (Phi) is 7.14. The first-order valence-corrected chi connectivity index (χ1v) is 9.77. The number of rotatable bonds is 7. The van der Waals surface area contributed by atoms with Crippen molar-refractivity contribution >= 4 is 40.9 Å². The smallest absolute Gasteiger partial charge is 0.339 e. The molecule has 1 aromatic heterocycles. The van der Waals surface area contributed by atoms with Crippen molar-refractivity contribution < 1.29 is 19.1 Å². The summed E-state index contributed by atoms with van der Waals surface area (Å²) in [6, 6.07) is 5.26. The maximum atomic E-state index is 12.6. The van der Waals surface area contributed by atoms with Crippen molar-refractivity contribution in [3.8, 4) is 0 Å². The summed E-state index contributed by atoms with van der Waals surface area (Å²) in [7, 11) is 1.25. The third-order valence-corrected chi connectivity index (χ3v) is 5.40. The number of Topliss-reactive ketones (excluding diaryl/α,β-unsaturated/α-hetero) is 1. The molecule has 6 nitrogen and oxygen atoms in total. The van der Waals surface area contributed by atoms with E-state index in [1.807, 2.05) is 13.8 Å². The Morgan fingerprint density at radius 1 is 1.17 bits per heavy atom. The summed E-state index contributed by atoms with van der Waals surface area (Å²) in [5.74, 6) is -1.14. The van der Waals surface area contributed by atoms with E-state index in [9.17, 15) is 14.4 Å². The van der Waals surface area contributed by atoms with E-state index in [-0.39, 0.29) is 35.9 Å². The van der Waals surface area contributed by atoms with E-state index in [2.05, 4.69) is 10.3 Å². The van der Waals surface area contributed by atoms with Crippen molar-refractivity contribution in [2.24, 2.45) is 0 Å². The second-order valence-corrected chi connectivity index (χ2v) is 8.27. The maximum Gasteiger partial charge on any atom is 0.339 e. The number of benzene rings is 1. The Labute approximate surface area is 179 Å². The molecule has 0 unspecified atom stereocenters. The Balaban J connectivity index is 2.20. The first-order valence-electron chi connectivity index (χ1n) is 9.01. The third kappa shape index (κ3) is 5.00. The number of aromatic nitrogens is 1. The summed E-state index contributed by atoms with van der Waals surface area (Å²) in [4.78, 5) is 39.4. The number of methoxy groups -OCH3 is 1. The topological polar surface area (TPSA) is 88.3 Å². The summed E-state index contributed by atoms with van der Waals surface area (Å²) in [5, 5.41) is 3.90. The van der Waals surface area contributed by atoms with E-state index in [1.165, 1.54) is 14.0 Å². The number of esters is 1. The third-order valence-electron chi connectivity index (χ3n) is 4.77. The molecule has 29 heavy (non-hydrogen) atoms. The molecule has 0 aliphatic heterocycles. The zero-order valence-corrected chi connectivity index (χ0v) is 18.5. The van der Waals surface area contributed by atoms with Gasteiger partial charge in [0.05, 0.1) is 24.8 Å². The number of hydrogen-bond donors (Lipinski definition) is 2. The predicted molar refractivity (Wildman–Crippen MR) is 113 cm³/mol. The summed E-state index contributed by atoms with van der Waals surface area (Å²) < 4.78 is 4.80. The molecular formula is C21H24Cl2N2O4. The number of ether oxygens (including phenoxy) is 1. The molecule has 0 bridgehead atoms. The van der Waals surface area contributed by atoms with Crippen molar-refractivity contribution in [3.63, 3.8) is 0 Å². The summed E-state index contributed by atoms with van der Waals surface area (Å²) in [5.41, 5.74) is 1.53. The second-order valence-electron chi connectivity index (χ2n) is 7.46. The molecule has 0 aliphatic rings. The van der Waals surface area contributed by atoms with E-state index in [1.54, 1.807) is 25.1 Å². The molecule has 0 saturated heterocycles. The van der Waals surface area contributed by atoms with Gasteiger partial charge in [-0.05, 0) is 30.2 Å². The first kappa shape index (κ1) is 23.0. The minimum atomic E-state index is -0.600. The number of H-pyrrole nitrogens is 1. The molecule has 0 atom stereocenters. The van der Waals surface area contributed by atoms with Crippen molar-refractivity contribution in [1.82, 2.24) is 10.3 Å². The van der Waals surface area contributed by atoms with E-state index >= 15 is 0 Å². The van der Waals surface area contributed by atoms with Gasteiger partial charge >= 0.3 is 5.97 Å². The minimum Gasteiger partial charge on any atom is -0.465 e. The standard InChI is InChI=1S/C21H24Cl2N2O4/c1-11-17(20(28)29-5)15(25-19(11)12(2)26)9-16(27)24-10-21(3,4)18-13(22)7-6-8-14(18)23/h6-8,25H,9-10H2,1-5H3,(H,24,27). The molecule has 1 aromatic carbocycles. The van der Waals surface area contributed by atoms with E-state index in [4.69, 9.17) is 27.9 Å². The van der Waals surface area contributed by atoms with Gasteiger partial charge < -0.3 is 15.0 Å². The number of carbonyl (C=O) groups is 3. The van der Waals surface area contributed by atoms with E-state index in [0.717, 1.165) is 5.56 Å². The van der Waals surface area contributed by atoms with Crippen LogP contribution in [0.15, 0.2) is 18.2 Å². The van der Waals surface area contributed by atoms with E-state index < -0.39 is 11.4 Å². The fourth-order valence-electron chi connectivity index (χ4n) is 3.30. The molecule has 0 aliphatic carbocycles. The monoisotopic (exact) mass is 438 g/mol. The highest BCUT2D eigenvalue weighted by atomic mass is 35.5. The Morgan fingerprint density at radius 3 is 2.28 bits per heavy atom. The lowest BCUT2D eigenvalue weighted by Gasteiger charge is -2.27. The van der Waals surface area contributed by atoms with Gasteiger partial charge in [0.15, 0.2) is 5.78 Å². The van der Waals surface area contributed by atoms with Gasteiger partial charge in [0, 0.05) is 34.6 Å². The molecule has 156 valence electrons. The van der Waals surface area contributed by atoms with Crippen LogP contribution in [0, 0.1) is 6.92 Å².